The first-order valence-corrected chi connectivity index (χ1v) is 8.03. The molecule has 0 aromatic heterocycles. The van der Waals surface area contributed by atoms with E-state index in [4.69, 9.17) is 4.74 Å². The van der Waals surface area contributed by atoms with Gasteiger partial charge in [-0.15, -0.1) is 0 Å². The van der Waals surface area contributed by atoms with Crippen molar-refractivity contribution in [1.29, 1.82) is 0 Å². The number of carbonyl (C=O) groups is 2. The average molecular weight is 321 g/mol. The molecule has 0 spiro atoms. The molecular weight excluding hydrogens is 302 g/mol. The number of benzene rings is 2. The van der Waals surface area contributed by atoms with Crippen LogP contribution in [-0.4, -0.2) is 17.9 Å². The number of allylic oxidation sites excluding steroid dienone is 1. The summed E-state index contributed by atoms with van der Waals surface area (Å²) in [4.78, 5) is 26.9. The van der Waals surface area contributed by atoms with Gasteiger partial charge in [0, 0.05) is 11.1 Å². The Hall–Kier alpha value is -2.88. The summed E-state index contributed by atoms with van der Waals surface area (Å²) in [6.45, 7) is 3.79. The minimum Gasteiger partial charge on any atom is -0.478 e. The van der Waals surface area contributed by atoms with Crippen LogP contribution in [0, 0.1) is 0 Å². The van der Waals surface area contributed by atoms with Gasteiger partial charge in [0.1, 0.15) is 0 Å². The molecule has 3 rings (SSSR count). The average Bonchev–Trinajstić information content (AvgIpc) is 2.62. The largest absolute Gasteiger partial charge is 0.478 e. The Morgan fingerprint density at radius 1 is 1.17 bits per heavy atom. The highest BCUT2D eigenvalue weighted by Crippen LogP contribution is 2.39. The van der Waals surface area contributed by atoms with Crippen LogP contribution in [0.25, 0.3) is 6.08 Å². The van der Waals surface area contributed by atoms with Gasteiger partial charge in [-0.3, -0.25) is 9.59 Å². The number of imide groups is 1. The molecule has 1 unspecified atom stereocenters. The first kappa shape index (κ1) is 16.0. The van der Waals surface area contributed by atoms with Crippen LogP contribution < -0.4 is 9.64 Å². The maximum Gasteiger partial charge on any atom is 0.275 e. The second-order valence-corrected chi connectivity index (χ2v) is 5.56. The number of fused-ring (bicyclic) bond motifs is 1. The Balaban J connectivity index is 2.14. The number of ether oxygens (including phenoxy) is 1. The molecule has 2 aromatic rings. The Morgan fingerprint density at radius 2 is 1.92 bits per heavy atom. The number of para-hydroxylation sites is 1. The maximum absolute atomic E-state index is 12.9. The molecule has 1 heterocycles. The summed E-state index contributed by atoms with van der Waals surface area (Å²) in [5.74, 6) is -0.0796. The maximum atomic E-state index is 12.9. The second kappa shape index (κ2) is 6.71. The van der Waals surface area contributed by atoms with Gasteiger partial charge in [0.25, 0.3) is 11.8 Å². The van der Waals surface area contributed by atoms with Gasteiger partial charge in [-0.05, 0) is 31.5 Å². The molecule has 1 aliphatic rings. The first-order valence-electron chi connectivity index (χ1n) is 8.03. The summed E-state index contributed by atoms with van der Waals surface area (Å²) in [6, 6.07) is 14.3. The van der Waals surface area contributed by atoms with E-state index in [-0.39, 0.29) is 11.8 Å². The Bertz CT molecular complexity index is 796. The number of carbonyl (C=O) groups excluding carboxylic acids is 2. The second-order valence-electron chi connectivity index (χ2n) is 5.56. The number of rotatable bonds is 3. The summed E-state index contributed by atoms with van der Waals surface area (Å²) in [7, 11) is 0. The molecule has 2 amide bonds. The van der Waals surface area contributed by atoms with Crippen LogP contribution in [0.1, 0.15) is 36.2 Å². The summed E-state index contributed by atoms with van der Waals surface area (Å²) < 4.78 is 5.90. The van der Waals surface area contributed by atoms with Crippen molar-refractivity contribution in [3.8, 4) is 5.75 Å². The molecule has 4 nitrogen and oxygen atoms in total. The smallest absolute Gasteiger partial charge is 0.275 e. The van der Waals surface area contributed by atoms with Gasteiger partial charge < -0.3 is 4.74 Å². The van der Waals surface area contributed by atoms with E-state index >= 15 is 0 Å². The third kappa shape index (κ3) is 2.71. The molecule has 1 aliphatic heterocycles. The van der Waals surface area contributed by atoms with Crippen LogP contribution >= 0.6 is 0 Å². The number of anilines is 1. The van der Waals surface area contributed by atoms with Gasteiger partial charge in [0.2, 0.25) is 0 Å². The molecule has 0 bridgehead atoms. The van der Waals surface area contributed by atoms with E-state index < -0.39 is 6.10 Å². The van der Waals surface area contributed by atoms with E-state index in [0.29, 0.717) is 23.4 Å². The van der Waals surface area contributed by atoms with E-state index in [1.165, 1.54) is 4.90 Å². The van der Waals surface area contributed by atoms with Crippen molar-refractivity contribution in [1.82, 2.24) is 0 Å². The molecule has 0 N–H and O–H groups in total. The molecule has 4 heteroatoms. The van der Waals surface area contributed by atoms with Crippen molar-refractivity contribution in [3.63, 3.8) is 0 Å². The molecule has 0 aliphatic carbocycles. The standard InChI is InChI=1S/C20H19NO3/c1-3-9-14-12-8-13-16-18(14)24-17(4-2)20(23)21(16)19(22)15-10-6-5-7-11-15/h3,5-13,17H,4H2,1-2H3/b9-3+. The number of nitrogens with zero attached hydrogens (tertiary/aromatic N) is 1. The third-order valence-electron chi connectivity index (χ3n) is 3.96. The zero-order valence-corrected chi connectivity index (χ0v) is 13.7. The van der Waals surface area contributed by atoms with Crippen molar-refractivity contribution in [3.05, 3.63) is 65.7 Å². The Labute approximate surface area is 141 Å². The minimum atomic E-state index is -0.656. The fourth-order valence-electron chi connectivity index (χ4n) is 2.79. The highest BCUT2D eigenvalue weighted by Gasteiger charge is 2.38. The SMILES string of the molecule is C/C=C/c1cccc2c1OC(CC)C(=O)N2C(=O)c1ccccc1. The monoisotopic (exact) mass is 321 g/mol. The van der Waals surface area contributed by atoms with Crippen LogP contribution in [0.2, 0.25) is 0 Å². The van der Waals surface area contributed by atoms with Crippen molar-refractivity contribution >= 4 is 23.6 Å². The fourth-order valence-corrected chi connectivity index (χ4v) is 2.79. The highest BCUT2D eigenvalue weighted by molar-refractivity contribution is 6.23. The normalized spacial score (nSPS) is 16.8. The molecule has 24 heavy (non-hydrogen) atoms. The van der Waals surface area contributed by atoms with E-state index in [2.05, 4.69) is 0 Å². The van der Waals surface area contributed by atoms with Gasteiger partial charge in [0.15, 0.2) is 11.9 Å². The lowest BCUT2D eigenvalue weighted by molar-refractivity contribution is -0.125. The lowest BCUT2D eigenvalue weighted by Crippen LogP contribution is -2.48. The predicted octanol–water partition coefficient (Wildman–Crippen LogP) is 4.06. The number of hydrogen-bond donors (Lipinski definition) is 0. The summed E-state index contributed by atoms with van der Waals surface area (Å²) >= 11 is 0. The van der Waals surface area contributed by atoms with E-state index in [9.17, 15) is 9.59 Å². The van der Waals surface area contributed by atoms with Crippen LogP contribution in [0.5, 0.6) is 5.75 Å². The van der Waals surface area contributed by atoms with Crippen LogP contribution in [-0.2, 0) is 4.79 Å². The van der Waals surface area contributed by atoms with Crippen molar-refractivity contribution in [2.75, 3.05) is 4.90 Å². The molecule has 0 saturated heterocycles. The Morgan fingerprint density at radius 3 is 2.58 bits per heavy atom. The molecular formula is C20H19NO3. The molecule has 0 fully saturated rings. The lowest BCUT2D eigenvalue weighted by atomic mass is 10.1. The molecule has 122 valence electrons. The zero-order chi connectivity index (χ0) is 17.1. The summed E-state index contributed by atoms with van der Waals surface area (Å²) in [6.07, 6.45) is 3.66. The lowest BCUT2D eigenvalue weighted by Gasteiger charge is -2.33. The third-order valence-corrected chi connectivity index (χ3v) is 3.96. The molecule has 0 saturated carbocycles. The van der Waals surface area contributed by atoms with E-state index in [0.717, 1.165) is 5.56 Å². The molecule has 1 atom stereocenters. The van der Waals surface area contributed by atoms with Gasteiger partial charge in [-0.2, -0.15) is 0 Å². The van der Waals surface area contributed by atoms with Crippen molar-refractivity contribution in [2.24, 2.45) is 0 Å². The minimum absolute atomic E-state index is 0.323. The number of hydrogen-bond acceptors (Lipinski definition) is 3. The Kier molecular flexibility index (Phi) is 4.47. The zero-order valence-electron chi connectivity index (χ0n) is 13.7. The topological polar surface area (TPSA) is 46.6 Å². The quantitative estimate of drug-likeness (QED) is 0.801. The van der Waals surface area contributed by atoms with Crippen LogP contribution in [0.3, 0.4) is 0 Å². The van der Waals surface area contributed by atoms with Gasteiger partial charge >= 0.3 is 0 Å². The predicted molar refractivity (Wildman–Crippen MR) is 94.1 cm³/mol. The molecule has 0 radical (unpaired) electrons. The molecule has 2 aromatic carbocycles. The van der Waals surface area contributed by atoms with Gasteiger partial charge in [0.05, 0.1) is 5.69 Å². The van der Waals surface area contributed by atoms with Crippen molar-refractivity contribution < 1.29 is 14.3 Å². The first-order chi connectivity index (χ1) is 11.7. The van der Waals surface area contributed by atoms with E-state index in [1.54, 1.807) is 30.3 Å². The fraction of sp³-hybridized carbons (Fsp3) is 0.200. The van der Waals surface area contributed by atoms with E-state index in [1.807, 2.05) is 44.2 Å². The highest BCUT2D eigenvalue weighted by atomic mass is 16.5. The van der Waals surface area contributed by atoms with Gasteiger partial charge in [-0.1, -0.05) is 49.4 Å². The summed E-state index contributed by atoms with van der Waals surface area (Å²) in [5, 5.41) is 0. The van der Waals surface area contributed by atoms with Crippen LogP contribution in [0.4, 0.5) is 5.69 Å². The van der Waals surface area contributed by atoms with Crippen LogP contribution in [0.15, 0.2) is 54.6 Å². The summed E-state index contributed by atoms with van der Waals surface area (Å²) in [5.41, 5.74) is 1.82. The van der Waals surface area contributed by atoms with Crippen molar-refractivity contribution in [2.45, 2.75) is 26.4 Å². The number of amides is 2. The van der Waals surface area contributed by atoms with Gasteiger partial charge in [-0.25, -0.2) is 4.90 Å².